The number of hydrazone groups is 1. The summed E-state index contributed by atoms with van der Waals surface area (Å²) in [7, 11) is 0. The number of carbonyl (C=O) groups is 2. The molecule has 0 unspecified atom stereocenters. The molecule has 26 heavy (non-hydrogen) atoms. The van der Waals surface area contributed by atoms with Gasteiger partial charge in [-0.2, -0.15) is 10.1 Å². The molecular weight excluding hydrogens is 334 g/mol. The van der Waals surface area contributed by atoms with Crippen molar-refractivity contribution in [1.82, 2.24) is 15.4 Å². The van der Waals surface area contributed by atoms with Crippen molar-refractivity contribution in [2.75, 3.05) is 5.32 Å². The number of anilines is 1. The number of para-hydroxylation sites is 1. The van der Waals surface area contributed by atoms with Gasteiger partial charge in [-0.25, -0.2) is 5.43 Å². The van der Waals surface area contributed by atoms with E-state index in [1.165, 1.54) is 0 Å². The summed E-state index contributed by atoms with van der Waals surface area (Å²) in [5.41, 5.74) is 4.17. The molecule has 0 atom stereocenters. The Labute approximate surface area is 147 Å². The van der Waals surface area contributed by atoms with Crippen molar-refractivity contribution in [3.63, 3.8) is 0 Å². The third-order valence-corrected chi connectivity index (χ3v) is 3.87. The molecule has 1 aliphatic rings. The van der Waals surface area contributed by atoms with Gasteiger partial charge in [0.1, 0.15) is 5.82 Å². The number of fused-ring (bicyclic) bond motifs is 1. The molecule has 4 N–H and O–H groups in total. The zero-order chi connectivity index (χ0) is 18.1. The van der Waals surface area contributed by atoms with Gasteiger partial charge in [-0.05, 0) is 6.07 Å². The van der Waals surface area contributed by atoms with Gasteiger partial charge in [0, 0.05) is 11.1 Å². The molecule has 0 saturated heterocycles. The summed E-state index contributed by atoms with van der Waals surface area (Å²) in [5, 5.41) is 16.5. The first-order chi connectivity index (χ1) is 12.6. The number of benzene rings is 2. The van der Waals surface area contributed by atoms with E-state index in [0.29, 0.717) is 17.1 Å². The fraction of sp³-hybridized carbons (Fsp3) is 0. The first-order valence-corrected chi connectivity index (χ1v) is 7.76. The van der Waals surface area contributed by atoms with Crippen LogP contribution in [0.1, 0.15) is 16.1 Å². The Bertz CT molecular complexity index is 1040. The highest BCUT2D eigenvalue weighted by atomic mass is 16.3. The quantitative estimate of drug-likeness (QED) is 0.541. The molecule has 1 aliphatic heterocycles. The van der Waals surface area contributed by atoms with Crippen molar-refractivity contribution in [1.29, 1.82) is 0 Å². The van der Waals surface area contributed by atoms with Crippen LogP contribution in [0.25, 0.3) is 11.4 Å². The molecule has 2 amide bonds. The Balaban J connectivity index is 1.58. The Morgan fingerprint density at radius 2 is 1.81 bits per heavy atom. The number of amides is 2. The summed E-state index contributed by atoms with van der Waals surface area (Å²) in [5.74, 6) is -1.21. The molecule has 8 heteroatoms. The molecule has 128 valence electrons. The van der Waals surface area contributed by atoms with E-state index in [0.717, 1.165) is 5.56 Å². The number of aromatic nitrogens is 2. The van der Waals surface area contributed by atoms with Crippen LogP contribution >= 0.6 is 0 Å². The van der Waals surface area contributed by atoms with Gasteiger partial charge in [0.25, 0.3) is 11.8 Å². The average Bonchev–Trinajstić information content (AvgIpc) is 3.20. The SMILES string of the molecule is O=C1Nc2ccccc2/C1=N/NC(=O)c1[nH]c(-c2ccccc2)nc1O. The van der Waals surface area contributed by atoms with Crippen molar-refractivity contribution in [2.24, 2.45) is 5.10 Å². The zero-order valence-electron chi connectivity index (χ0n) is 13.4. The van der Waals surface area contributed by atoms with E-state index in [2.05, 4.69) is 25.8 Å². The van der Waals surface area contributed by atoms with Crippen LogP contribution in [-0.2, 0) is 4.79 Å². The molecule has 0 aliphatic carbocycles. The summed E-state index contributed by atoms with van der Waals surface area (Å²) in [4.78, 5) is 31.0. The number of hydrogen-bond acceptors (Lipinski definition) is 5. The number of aromatic amines is 1. The number of nitrogens with one attached hydrogen (secondary N) is 3. The molecule has 8 nitrogen and oxygen atoms in total. The van der Waals surface area contributed by atoms with E-state index < -0.39 is 17.7 Å². The summed E-state index contributed by atoms with van der Waals surface area (Å²) < 4.78 is 0. The van der Waals surface area contributed by atoms with Gasteiger partial charge in [-0.15, -0.1) is 0 Å². The van der Waals surface area contributed by atoms with Crippen molar-refractivity contribution in [3.05, 3.63) is 65.9 Å². The number of aromatic hydroxyl groups is 1. The average molecular weight is 347 g/mol. The van der Waals surface area contributed by atoms with E-state index in [9.17, 15) is 14.7 Å². The van der Waals surface area contributed by atoms with Crippen LogP contribution in [-0.4, -0.2) is 32.6 Å². The second-order valence-corrected chi connectivity index (χ2v) is 5.55. The van der Waals surface area contributed by atoms with Crippen molar-refractivity contribution in [2.45, 2.75) is 0 Å². The fourth-order valence-corrected chi connectivity index (χ4v) is 2.63. The van der Waals surface area contributed by atoms with Crippen molar-refractivity contribution >= 4 is 23.2 Å². The zero-order valence-corrected chi connectivity index (χ0v) is 13.4. The number of imidazole rings is 1. The number of rotatable bonds is 3. The topological polar surface area (TPSA) is 119 Å². The highest BCUT2D eigenvalue weighted by molar-refractivity contribution is 6.53. The maximum atomic E-state index is 12.3. The van der Waals surface area contributed by atoms with Gasteiger partial charge in [0.05, 0.1) is 5.69 Å². The minimum Gasteiger partial charge on any atom is -0.492 e. The largest absolute Gasteiger partial charge is 0.492 e. The Morgan fingerprint density at radius 1 is 1.08 bits per heavy atom. The maximum Gasteiger partial charge on any atom is 0.293 e. The molecule has 0 bridgehead atoms. The Hall–Kier alpha value is -3.94. The first kappa shape index (κ1) is 15.6. The summed E-state index contributed by atoms with van der Waals surface area (Å²) in [6.45, 7) is 0. The van der Waals surface area contributed by atoms with Gasteiger partial charge in [0.2, 0.25) is 5.88 Å². The monoisotopic (exact) mass is 347 g/mol. The van der Waals surface area contributed by atoms with E-state index >= 15 is 0 Å². The van der Waals surface area contributed by atoms with E-state index in [1.54, 1.807) is 36.4 Å². The van der Waals surface area contributed by atoms with Crippen LogP contribution in [0.15, 0.2) is 59.7 Å². The third kappa shape index (κ3) is 2.69. The van der Waals surface area contributed by atoms with Crippen LogP contribution in [0.2, 0.25) is 0 Å². The Kier molecular flexibility index (Phi) is 3.70. The molecule has 1 aromatic heterocycles. The lowest BCUT2D eigenvalue weighted by atomic mass is 10.1. The number of carbonyl (C=O) groups excluding carboxylic acids is 2. The molecule has 4 rings (SSSR count). The standard InChI is InChI=1S/C18H13N5O3/c24-16-13(11-8-4-5-9-12(11)19-16)22-23-18(26)14-17(25)21-15(20-14)10-6-2-1-3-7-10/h1-9,25H,(H,20,21)(H,23,26)(H,19,22,24). The molecule has 0 saturated carbocycles. The summed E-state index contributed by atoms with van der Waals surface area (Å²) >= 11 is 0. The second-order valence-electron chi connectivity index (χ2n) is 5.55. The lowest BCUT2D eigenvalue weighted by Gasteiger charge is -1.99. The van der Waals surface area contributed by atoms with E-state index in [4.69, 9.17) is 0 Å². The van der Waals surface area contributed by atoms with E-state index in [1.807, 2.05) is 18.2 Å². The molecule has 3 aromatic rings. The lowest BCUT2D eigenvalue weighted by molar-refractivity contribution is -0.110. The predicted octanol–water partition coefficient (Wildman–Crippen LogP) is 1.87. The van der Waals surface area contributed by atoms with Gasteiger partial charge in [0.15, 0.2) is 11.4 Å². The van der Waals surface area contributed by atoms with Crippen LogP contribution in [0.5, 0.6) is 5.88 Å². The van der Waals surface area contributed by atoms with Crippen LogP contribution in [0.3, 0.4) is 0 Å². The predicted molar refractivity (Wildman–Crippen MR) is 94.8 cm³/mol. The van der Waals surface area contributed by atoms with Crippen LogP contribution in [0, 0.1) is 0 Å². The highest BCUT2D eigenvalue weighted by Crippen LogP contribution is 2.23. The smallest absolute Gasteiger partial charge is 0.293 e. The van der Waals surface area contributed by atoms with Gasteiger partial charge in [-0.3, -0.25) is 9.59 Å². The number of nitrogens with zero attached hydrogens (tertiary/aromatic N) is 2. The molecule has 0 fully saturated rings. The van der Waals surface area contributed by atoms with Gasteiger partial charge in [-0.1, -0.05) is 48.5 Å². The van der Waals surface area contributed by atoms with Gasteiger partial charge >= 0.3 is 0 Å². The first-order valence-electron chi connectivity index (χ1n) is 7.76. The summed E-state index contributed by atoms with van der Waals surface area (Å²) in [6.07, 6.45) is 0. The minimum absolute atomic E-state index is 0.0937. The number of hydrogen-bond donors (Lipinski definition) is 4. The van der Waals surface area contributed by atoms with Crippen LogP contribution < -0.4 is 10.7 Å². The fourth-order valence-electron chi connectivity index (χ4n) is 2.63. The Morgan fingerprint density at radius 3 is 2.62 bits per heavy atom. The molecular formula is C18H13N5O3. The van der Waals surface area contributed by atoms with Crippen molar-refractivity contribution < 1.29 is 14.7 Å². The molecule has 2 aromatic carbocycles. The van der Waals surface area contributed by atoms with Gasteiger partial charge < -0.3 is 15.4 Å². The van der Waals surface area contributed by atoms with Crippen molar-refractivity contribution in [3.8, 4) is 17.3 Å². The minimum atomic E-state index is -0.707. The lowest BCUT2D eigenvalue weighted by Crippen LogP contribution is -2.23. The molecule has 2 heterocycles. The number of H-pyrrole nitrogens is 1. The van der Waals surface area contributed by atoms with Crippen LogP contribution in [0.4, 0.5) is 5.69 Å². The van der Waals surface area contributed by atoms with E-state index in [-0.39, 0.29) is 11.4 Å². The second kappa shape index (κ2) is 6.17. The summed E-state index contributed by atoms with van der Waals surface area (Å²) in [6, 6.07) is 16.1. The highest BCUT2D eigenvalue weighted by Gasteiger charge is 2.26. The normalized spacial score (nSPS) is 14.2. The molecule has 0 radical (unpaired) electrons. The third-order valence-electron chi connectivity index (χ3n) is 3.87. The maximum absolute atomic E-state index is 12.3. The molecule has 0 spiro atoms.